The predicted molar refractivity (Wildman–Crippen MR) is 75.4 cm³/mol. The van der Waals surface area contributed by atoms with Gasteiger partial charge in [-0.05, 0) is 32.3 Å². The van der Waals surface area contributed by atoms with Crippen LogP contribution in [0.5, 0.6) is 0 Å². The summed E-state index contributed by atoms with van der Waals surface area (Å²) in [5.74, 6) is 1.31. The SMILES string of the molecule is Cc1cc(N)nc(CN(C)C(C)c2cccs2)n1. The molecule has 2 aromatic rings. The molecule has 1 atom stereocenters. The average Bonchev–Trinajstić information content (AvgIpc) is 2.79. The largest absolute Gasteiger partial charge is 0.384 e. The zero-order valence-corrected chi connectivity index (χ0v) is 11.7. The summed E-state index contributed by atoms with van der Waals surface area (Å²) >= 11 is 1.77. The molecule has 2 heterocycles. The van der Waals surface area contributed by atoms with Crippen molar-refractivity contribution in [3.8, 4) is 0 Å². The summed E-state index contributed by atoms with van der Waals surface area (Å²) < 4.78 is 0. The molecule has 96 valence electrons. The molecule has 0 saturated heterocycles. The van der Waals surface area contributed by atoms with Crippen LogP contribution < -0.4 is 5.73 Å². The van der Waals surface area contributed by atoms with Crippen LogP contribution >= 0.6 is 11.3 Å². The van der Waals surface area contributed by atoms with E-state index in [2.05, 4.69) is 46.4 Å². The van der Waals surface area contributed by atoms with Crippen molar-refractivity contribution < 1.29 is 0 Å². The van der Waals surface area contributed by atoms with E-state index in [1.165, 1.54) is 4.88 Å². The van der Waals surface area contributed by atoms with Gasteiger partial charge < -0.3 is 5.73 Å². The molecule has 0 aliphatic rings. The predicted octanol–water partition coefficient (Wildman–Crippen LogP) is 2.62. The molecule has 2 N–H and O–H groups in total. The van der Waals surface area contributed by atoms with Crippen molar-refractivity contribution in [3.63, 3.8) is 0 Å². The highest BCUT2D eigenvalue weighted by Crippen LogP contribution is 2.24. The van der Waals surface area contributed by atoms with E-state index in [4.69, 9.17) is 5.73 Å². The molecule has 0 radical (unpaired) electrons. The molecule has 2 rings (SSSR count). The van der Waals surface area contributed by atoms with Crippen molar-refractivity contribution >= 4 is 17.2 Å². The summed E-state index contributed by atoms with van der Waals surface area (Å²) in [6, 6.07) is 6.37. The fraction of sp³-hybridized carbons (Fsp3) is 0.385. The highest BCUT2D eigenvalue weighted by Gasteiger charge is 2.14. The van der Waals surface area contributed by atoms with Crippen LogP contribution in [-0.2, 0) is 6.54 Å². The summed E-state index contributed by atoms with van der Waals surface area (Å²) in [7, 11) is 2.08. The standard InChI is InChI=1S/C13H18N4S/c1-9-7-12(14)16-13(15-9)8-17(3)10(2)11-5-4-6-18-11/h4-7,10H,8H2,1-3H3,(H2,14,15,16). The Morgan fingerprint density at radius 1 is 1.44 bits per heavy atom. The third-order valence-corrected chi connectivity index (χ3v) is 3.97. The van der Waals surface area contributed by atoms with E-state index < -0.39 is 0 Å². The van der Waals surface area contributed by atoms with Crippen molar-refractivity contribution in [2.45, 2.75) is 26.4 Å². The lowest BCUT2D eigenvalue weighted by Crippen LogP contribution is -2.22. The molecular weight excluding hydrogens is 244 g/mol. The van der Waals surface area contributed by atoms with Crippen LogP contribution in [0.4, 0.5) is 5.82 Å². The van der Waals surface area contributed by atoms with Crippen LogP contribution in [0.2, 0.25) is 0 Å². The Balaban J connectivity index is 2.09. The van der Waals surface area contributed by atoms with Gasteiger partial charge in [0.25, 0.3) is 0 Å². The number of aromatic nitrogens is 2. The van der Waals surface area contributed by atoms with Gasteiger partial charge in [0.1, 0.15) is 11.6 Å². The lowest BCUT2D eigenvalue weighted by atomic mass is 10.2. The lowest BCUT2D eigenvalue weighted by molar-refractivity contribution is 0.250. The van der Waals surface area contributed by atoms with E-state index in [1.807, 2.05) is 6.92 Å². The van der Waals surface area contributed by atoms with Gasteiger partial charge in [-0.3, -0.25) is 4.90 Å². The third-order valence-electron chi connectivity index (χ3n) is 2.93. The Labute approximate surface area is 111 Å². The topological polar surface area (TPSA) is 55.0 Å². The molecule has 18 heavy (non-hydrogen) atoms. The molecule has 4 nitrogen and oxygen atoms in total. The molecule has 0 aliphatic heterocycles. The van der Waals surface area contributed by atoms with Crippen LogP contribution in [-0.4, -0.2) is 21.9 Å². The van der Waals surface area contributed by atoms with E-state index >= 15 is 0 Å². The quantitative estimate of drug-likeness (QED) is 0.920. The number of rotatable bonds is 4. The van der Waals surface area contributed by atoms with Gasteiger partial charge in [0.05, 0.1) is 6.54 Å². The highest BCUT2D eigenvalue weighted by atomic mass is 32.1. The minimum Gasteiger partial charge on any atom is -0.384 e. The zero-order valence-electron chi connectivity index (χ0n) is 10.9. The van der Waals surface area contributed by atoms with Crippen LogP contribution in [0, 0.1) is 6.92 Å². The molecule has 5 heteroatoms. The van der Waals surface area contributed by atoms with E-state index in [0.29, 0.717) is 18.4 Å². The number of nitrogens with zero attached hydrogens (tertiary/aromatic N) is 3. The maximum atomic E-state index is 5.74. The Bertz CT molecular complexity index is 489. The number of nitrogen functional groups attached to an aromatic ring is 1. The van der Waals surface area contributed by atoms with Gasteiger partial charge in [0.2, 0.25) is 0 Å². The molecule has 0 bridgehead atoms. The van der Waals surface area contributed by atoms with Gasteiger partial charge >= 0.3 is 0 Å². The van der Waals surface area contributed by atoms with E-state index in [0.717, 1.165) is 11.5 Å². The molecule has 0 saturated carbocycles. The maximum absolute atomic E-state index is 5.74. The number of thiophene rings is 1. The average molecular weight is 262 g/mol. The Morgan fingerprint density at radius 3 is 2.83 bits per heavy atom. The summed E-state index contributed by atoms with van der Waals surface area (Å²) in [5, 5.41) is 2.10. The van der Waals surface area contributed by atoms with Crippen molar-refractivity contribution in [3.05, 3.63) is 40.0 Å². The number of anilines is 1. The molecule has 1 unspecified atom stereocenters. The first-order valence-electron chi connectivity index (χ1n) is 5.90. The second-order valence-electron chi connectivity index (χ2n) is 4.46. The fourth-order valence-electron chi connectivity index (χ4n) is 1.83. The molecule has 0 spiro atoms. The Hall–Kier alpha value is -1.46. The molecule has 2 aromatic heterocycles. The number of hydrogen-bond acceptors (Lipinski definition) is 5. The molecular formula is C13H18N4S. The third kappa shape index (κ3) is 3.05. The van der Waals surface area contributed by atoms with Crippen LogP contribution in [0.1, 0.15) is 29.4 Å². The van der Waals surface area contributed by atoms with Gasteiger partial charge in [0.15, 0.2) is 0 Å². The summed E-state index contributed by atoms with van der Waals surface area (Å²) in [4.78, 5) is 12.2. The van der Waals surface area contributed by atoms with Gasteiger partial charge in [-0.1, -0.05) is 6.07 Å². The molecule has 0 amide bonds. The van der Waals surface area contributed by atoms with Crippen molar-refractivity contribution in [2.75, 3.05) is 12.8 Å². The van der Waals surface area contributed by atoms with Gasteiger partial charge in [0, 0.05) is 22.7 Å². The first-order valence-corrected chi connectivity index (χ1v) is 6.78. The minimum absolute atomic E-state index is 0.357. The fourth-order valence-corrected chi connectivity index (χ4v) is 2.68. The first-order chi connectivity index (χ1) is 8.56. The molecule has 0 fully saturated rings. The monoisotopic (exact) mass is 262 g/mol. The second-order valence-corrected chi connectivity index (χ2v) is 5.44. The van der Waals surface area contributed by atoms with Gasteiger partial charge in [-0.15, -0.1) is 11.3 Å². The number of aryl methyl sites for hydroxylation is 1. The number of hydrogen-bond donors (Lipinski definition) is 1. The molecule has 0 aliphatic carbocycles. The normalized spacial score (nSPS) is 12.9. The minimum atomic E-state index is 0.357. The maximum Gasteiger partial charge on any atom is 0.144 e. The summed E-state index contributed by atoms with van der Waals surface area (Å²) in [6.45, 7) is 4.82. The van der Waals surface area contributed by atoms with Crippen molar-refractivity contribution in [2.24, 2.45) is 0 Å². The zero-order chi connectivity index (χ0) is 13.1. The second kappa shape index (κ2) is 5.46. The number of nitrogens with two attached hydrogens (primary N) is 1. The van der Waals surface area contributed by atoms with Gasteiger partial charge in [-0.25, -0.2) is 9.97 Å². The van der Waals surface area contributed by atoms with E-state index in [9.17, 15) is 0 Å². The van der Waals surface area contributed by atoms with Crippen LogP contribution in [0.3, 0.4) is 0 Å². The molecule has 0 aromatic carbocycles. The van der Waals surface area contributed by atoms with Crippen molar-refractivity contribution in [1.29, 1.82) is 0 Å². The Kier molecular flexibility index (Phi) is 3.93. The Morgan fingerprint density at radius 2 is 2.22 bits per heavy atom. The lowest BCUT2D eigenvalue weighted by Gasteiger charge is -2.23. The van der Waals surface area contributed by atoms with Crippen molar-refractivity contribution in [1.82, 2.24) is 14.9 Å². The van der Waals surface area contributed by atoms with Gasteiger partial charge in [-0.2, -0.15) is 0 Å². The van der Waals surface area contributed by atoms with E-state index in [1.54, 1.807) is 17.4 Å². The first kappa shape index (κ1) is 13.0. The van der Waals surface area contributed by atoms with E-state index in [-0.39, 0.29) is 0 Å². The smallest absolute Gasteiger partial charge is 0.144 e. The highest BCUT2D eigenvalue weighted by molar-refractivity contribution is 7.10. The van der Waals surface area contributed by atoms with Crippen LogP contribution in [0.15, 0.2) is 23.6 Å². The summed E-state index contributed by atoms with van der Waals surface area (Å²) in [5.41, 5.74) is 6.65. The summed E-state index contributed by atoms with van der Waals surface area (Å²) in [6.07, 6.45) is 0. The van der Waals surface area contributed by atoms with Crippen LogP contribution in [0.25, 0.3) is 0 Å².